The average Bonchev–Trinajstić information content (AvgIpc) is 2.60. The first-order valence-corrected chi connectivity index (χ1v) is 6.40. The number of carbonyl (C=O) groups is 2. The Hall–Kier alpha value is -2.37. The zero-order valence-corrected chi connectivity index (χ0v) is 11.5. The Morgan fingerprint density at radius 2 is 2.05 bits per heavy atom. The topological polar surface area (TPSA) is 73.1 Å². The van der Waals surface area contributed by atoms with Gasteiger partial charge in [0.2, 0.25) is 11.8 Å². The minimum Gasteiger partial charge on any atom is -0.295 e. The van der Waals surface area contributed by atoms with Gasteiger partial charge in [-0.05, 0) is 19.4 Å². The van der Waals surface area contributed by atoms with Crippen molar-refractivity contribution < 1.29 is 9.59 Å². The molecule has 2 rings (SSSR count). The van der Waals surface area contributed by atoms with Gasteiger partial charge in [0.15, 0.2) is 0 Å². The van der Waals surface area contributed by atoms with Crippen LogP contribution in [0.5, 0.6) is 0 Å². The van der Waals surface area contributed by atoms with Gasteiger partial charge >= 0.3 is 5.69 Å². The zero-order chi connectivity index (χ0) is 14.9. The lowest BCUT2D eigenvalue weighted by Gasteiger charge is -2.21. The molecule has 2 amide bonds. The predicted molar refractivity (Wildman–Crippen MR) is 75.1 cm³/mol. The minimum atomic E-state index is -0.674. The molecular weight excluding hydrogens is 258 g/mol. The maximum Gasteiger partial charge on any atom is 0.329 e. The zero-order valence-electron chi connectivity index (χ0n) is 11.5. The highest BCUT2D eigenvalue weighted by atomic mass is 16.2. The van der Waals surface area contributed by atoms with Crippen LogP contribution in [-0.2, 0) is 16.6 Å². The van der Waals surface area contributed by atoms with E-state index in [-0.39, 0.29) is 18.0 Å². The molecule has 1 unspecified atom stereocenters. The molecule has 1 atom stereocenters. The summed E-state index contributed by atoms with van der Waals surface area (Å²) in [5.74, 6) is -0.752. The van der Waals surface area contributed by atoms with E-state index >= 15 is 0 Å². The van der Waals surface area contributed by atoms with Crippen molar-refractivity contribution in [3.05, 3.63) is 33.3 Å². The highest BCUT2D eigenvalue weighted by Gasteiger charge is 2.30. The number of aromatic nitrogens is 2. The quantitative estimate of drug-likeness (QED) is 0.699. The van der Waals surface area contributed by atoms with E-state index in [1.165, 1.54) is 9.13 Å². The summed E-state index contributed by atoms with van der Waals surface area (Å²) in [4.78, 5) is 35.3. The molecule has 0 spiro atoms. The number of allylic oxidation sites excluding steroid dienone is 2. The van der Waals surface area contributed by atoms with Crippen molar-refractivity contribution in [2.75, 3.05) is 0 Å². The van der Waals surface area contributed by atoms with Crippen LogP contribution in [0.3, 0.4) is 0 Å². The van der Waals surface area contributed by atoms with Crippen molar-refractivity contribution in [3.63, 3.8) is 0 Å². The number of piperidine rings is 1. The molecule has 1 aromatic rings. The van der Waals surface area contributed by atoms with Crippen LogP contribution in [0.15, 0.2) is 16.9 Å². The molecule has 1 saturated heterocycles. The molecule has 6 nitrogen and oxygen atoms in total. The van der Waals surface area contributed by atoms with Crippen LogP contribution < -0.4 is 21.7 Å². The maximum atomic E-state index is 12.3. The van der Waals surface area contributed by atoms with Crippen molar-refractivity contribution in [3.8, 4) is 0 Å². The van der Waals surface area contributed by atoms with Gasteiger partial charge in [-0.1, -0.05) is 18.7 Å². The van der Waals surface area contributed by atoms with Crippen LogP contribution in [0.4, 0.5) is 0 Å². The molecule has 0 saturated carbocycles. The molecule has 1 N–H and O–H groups in total. The maximum absolute atomic E-state index is 12.3. The molecule has 1 aromatic heterocycles. The number of nitrogens with zero attached hydrogens (tertiary/aromatic N) is 2. The monoisotopic (exact) mass is 275 g/mol. The fourth-order valence-corrected chi connectivity index (χ4v) is 2.34. The Kier molecular flexibility index (Phi) is 3.74. The number of rotatable bonds is 2. The summed E-state index contributed by atoms with van der Waals surface area (Å²) >= 11 is 0. The van der Waals surface area contributed by atoms with E-state index in [0.717, 1.165) is 0 Å². The number of hydrogen-bond donors (Lipinski definition) is 1. The molecule has 1 aliphatic rings. The van der Waals surface area contributed by atoms with Crippen LogP contribution in [0.2, 0.25) is 0 Å². The molecule has 0 aliphatic carbocycles. The van der Waals surface area contributed by atoms with E-state index in [4.69, 9.17) is 0 Å². The fraction of sp³-hybridized carbons (Fsp3) is 0.357. The minimum absolute atomic E-state index is 0.227. The molecule has 2 heterocycles. The van der Waals surface area contributed by atoms with E-state index < -0.39 is 11.9 Å². The largest absolute Gasteiger partial charge is 0.329 e. The third kappa shape index (κ3) is 2.24. The fourth-order valence-electron chi connectivity index (χ4n) is 2.34. The summed E-state index contributed by atoms with van der Waals surface area (Å²) in [5.41, 5.74) is -0.305. The summed E-state index contributed by atoms with van der Waals surface area (Å²) < 4.78 is 2.81. The lowest BCUT2D eigenvalue weighted by atomic mass is 10.1. The van der Waals surface area contributed by atoms with Gasteiger partial charge in [-0.2, -0.15) is 0 Å². The molecule has 106 valence electrons. The normalized spacial score (nSPS) is 20.7. The van der Waals surface area contributed by atoms with Crippen LogP contribution >= 0.6 is 0 Å². The second kappa shape index (κ2) is 5.32. The van der Waals surface area contributed by atoms with E-state index in [2.05, 4.69) is 11.9 Å². The Morgan fingerprint density at radius 3 is 2.65 bits per heavy atom. The first kappa shape index (κ1) is 14.0. The van der Waals surface area contributed by atoms with Crippen LogP contribution in [0.25, 0.3) is 12.7 Å². The smallest absolute Gasteiger partial charge is 0.295 e. The summed E-state index contributed by atoms with van der Waals surface area (Å²) in [7, 11) is 1.63. The summed E-state index contributed by atoms with van der Waals surface area (Å²) in [6.07, 6.45) is 5.96. The number of nitrogens with one attached hydrogen (secondary N) is 1. The van der Waals surface area contributed by atoms with Gasteiger partial charge in [-0.25, -0.2) is 4.79 Å². The van der Waals surface area contributed by atoms with Crippen molar-refractivity contribution in [1.29, 1.82) is 0 Å². The van der Waals surface area contributed by atoms with Crippen molar-refractivity contribution >= 4 is 24.5 Å². The first-order valence-electron chi connectivity index (χ1n) is 6.40. The van der Waals surface area contributed by atoms with Gasteiger partial charge in [-0.15, -0.1) is 0 Å². The van der Waals surface area contributed by atoms with Crippen LogP contribution in [0, 0.1) is 0 Å². The number of hydrogen-bond acceptors (Lipinski definition) is 3. The highest BCUT2D eigenvalue weighted by Crippen LogP contribution is 2.14. The molecule has 0 bridgehead atoms. The second-order valence-corrected chi connectivity index (χ2v) is 4.70. The third-order valence-electron chi connectivity index (χ3n) is 3.41. The van der Waals surface area contributed by atoms with Crippen molar-refractivity contribution in [2.45, 2.75) is 25.8 Å². The summed E-state index contributed by atoms with van der Waals surface area (Å²) in [6.45, 7) is 5.77. The summed E-state index contributed by atoms with van der Waals surface area (Å²) in [5, 5.41) is 3.38. The Bertz CT molecular complexity index is 752. The van der Waals surface area contributed by atoms with Gasteiger partial charge in [-0.3, -0.25) is 24.0 Å². The van der Waals surface area contributed by atoms with E-state index in [1.54, 1.807) is 19.2 Å². The summed E-state index contributed by atoms with van der Waals surface area (Å²) in [6, 6.07) is -0.674. The van der Waals surface area contributed by atoms with Gasteiger partial charge in [0.1, 0.15) is 6.04 Å². The van der Waals surface area contributed by atoms with E-state index in [9.17, 15) is 14.4 Å². The molecule has 1 aliphatic heterocycles. The van der Waals surface area contributed by atoms with E-state index in [0.29, 0.717) is 17.1 Å². The molecule has 1 fully saturated rings. The molecule has 0 radical (unpaired) electrons. The van der Waals surface area contributed by atoms with Crippen molar-refractivity contribution in [2.24, 2.45) is 7.05 Å². The van der Waals surface area contributed by atoms with Gasteiger partial charge in [0.05, 0.1) is 10.7 Å². The molecule has 0 aromatic carbocycles. The number of imidazole rings is 1. The average molecular weight is 275 g/mol. The lowest BCUT2D eigenvalue weighted by Crippen LogP contribution is -2.47. The van der Waals surface area contributed by atoms with Gasteiger partial charge in [0, 0.05) is 13.5 Å². The second-order valence-electron chi connectivity index (χ2n) is 4.70. The van der Waals surface area contributed by atoms with Crippen LogP contribution in [-0.4, -0.2) is 20.9 Å². The van der Waals surface area contributed by atoms with Crippen LogP contribution in [0.1, 0.15) is 25.8 Å². The van der Waals surface area contributed by atoms with E-state index in [1.807, 2.05) is 13.0 Å². The highest BCUT2D eigenvalue weighted by molar-refractivity contribution is 5.99. The Labute approximate surface area is 115 Å². The number of carbonyl (C=O) groups excluding carboxylic acids is 2. The molecule has 20 heavy (non-hydrogen) atoms. The molecular formula is C14H17N3O3. The predicted octanol–water partition coefficient (Wildman–Crippen LogP) is -1.07. The third-order valence-corrected chi connectivity index (χ3v) is 3.41. The Balaban J connectivity index is 2.60. The van der Waals surface area contributed by atoms with Gasteiger partial charge in [0.25, 0.3) is 0 Å². The number of imide groups is 1. The molecule has 6 heteroatoms. The van der Waals surface area contributed by atoms with Gasteiger partial charge < -0.3 is 0 Å². The number of amides is 2. The standard InChI is InChI=1S/C14H17N3O3/c1-4-5-6-10-9(2)17(14(20)16(10)3)11-7-8-12(18)15-13(11)19/h4-6,11H,2,7-8H2,1,3H3,(H,15,18,19)/b5-4-,10-6+. The Morgan fingerprint density at radius 1 is 1.35 bits per heavy atom. The SMILES string of the molecule is C=c1/c(=C\C=C/C)n(C)c(=O)n1C1CCC(=O)NC1=O. The first-order chi connectivity index (χ1) is 9.47. The van der Waals surface area contributed by atoms with Crippen molar-refractivity contribution in [1.82, 2.24) is 14.5 Å². The lowest BCUT2D eigenvalue weighted by molar-refractivity contribution is -0.135.